The fourth-order valence-electron chi connectivity index (χ4n) is 2.69. The average molecular weight is 433 g/mol. The maximum Gasteiger partial charge on any atom is 0.262 e. The number of hydrogen-bond donors (Lipinski definition) is 2. The Bertz CT molecular complexity index is 1030. The summed E-state index contributed by atoms with van der Waals surface area (Å²) in [7, 11) is 0. The minimum Gasteiger partial charge on any atom is -0.483 e. The third-order valence-corrected chi connectivity index (χ3v) is 4.61. The molecule has 0 aliphatic heterocycles. The molecule has 0 atom stereocenters. The molecule has 0 saturated carbocycles. The zero-order valence-corrected chi connectivity index (χ0v) is 17.1. The van der Waals surface area contributed by atoms with Crippen LogP contribution in [0.4, 0.5) is 15.8 Å². The van der Waals surface area contributed by atoms with Gasteiger partial charge in [0.2, 0.25) is 0 Å². The van der Waals surface area contributed by atoms with Gasteiger partial charge in [0.15, 0.2) is 6.61 Å². The fourth-order valence-corrected chi connectivity index (χ4v) is 3.07. The zero-order chi connectivity index (χ0) is 20.8. The van der Waals surface area contributed by atoms with Gasteiger partial charge in [0.25, 0.3) is 5.91 Å². The molecule has 29 heavy (non-hydrogen) atoms. The van der Waals surface area contributed by atoms with Crippen LogP contribution in [0, 0.1) is 12.7 Å². The van der Waals surface area contributed by atoms with Gasteiger partial charge in [-0.1, -0.05) is 35.3 Å². The summed E-state index contributed by atoms with van der Waals surface area (Å²) in [5, 5.41) is 6.51. The molecule has 0 unspecified atom stereocenters. The van der Waals surface area contributed by atoms with Crippen LogP contribution in [0.1, 0.15) is 11.1 Å². The molecule has 2 N–H and O–H groups in total. The molecule has 4 nitrogen and oxygen atoms in total. The molecule has 0 aliphatic carbocycles. The number of nitrogens with one attached hydrogen (secondary N) is 2. The zero-order valence-electron chi connectivity index (χ0n) is 15.6. The third kappa shape index (κ3) is 6.11. The normalized spacial score (nSPS) is 10.5. The summed E-state index contributed by atoms with van der Waals surface area (Å²) in [5.74, 6) is -0.229. The minimum atomic E-state index is -0.483. The van der Waals surface area contributed by atoms with Crippen molar-refractivity contribution in [3.05, 3.63) is 87.7 Å². The monoisotopic (exact) mass is 432 g/mol. The summed E-state index contributed by atoms with van der Waals surface area (Å²) in [6.07, 6.45) is 0. The maximum atomic E-state index is 13.3. The van der Waals surface area contributed by atoms with E-state index in [2.05, 4.69) is 10.6 Å². The Kier molecular flexibility index (Phi) is 6.96. The van der Waals surface area contributed by atoms with Crippen molar-refractivity contribution in [2.24, 2.45) is 0 Å². The van der Waals surface area contributed by atoms with E-state index >= 15 is 0 Å². The summed E-state index contributed by atoms with van der Waals surface area (Å²) in [6.45, 7) is 2.16. The summed E-state index contributed by atoms with van der Waals surface area (Å²) in [4.78, 5) is 12.2. The first kappa shape index (κ1) is 21.0. The Labute approximate surface area is 178 Å². The number of benzene rings is 3. The van der Waals surface area contributed by atoms with Gasteiger partial charge < -0.3 is 15.4 Å². The van der Waals surface area contributed by atoms with Crippen LogP contribution in [0.2, 0.25) is 10.0 Å². The molecule has 0 aliphatic rings. The number of hydrogen-bond acceptors (Lipinski definition) is 3. The molecule has 0 spiro atoms. The van der Waals surface area contributed by atoms with Crippen molar-refractivity contribution in [1.29, 1.82) is 0 Å². The van der Waals surface area contributed by atoms with Gasteiger partial charge in [0.1, 0.15) is 11.6 Å². The van der Waals surface area contributed by atoms with E-state index < -0.39 is 5.82 Å². The van der Waals surface area contributed by atoms with Crippen molar-refractivity contribution < 1.29 is 13.9 Å². The van der Waals surface area contributed by atoms with Crippen LogP contribution in [0.5, 0.6) is 5.75 Å². The lowest BCUT2D eigenvalue weighted by atomic mass is 10.2. The largest absolute Gasteiger partial charge is 0.483 e. The Morgan fingerprint density at radius 1 is 1.03 bits per heavy atom. The van der Waals surface area contributed by atoms with Gasteiger partial charge in [0, 0.05) is 28.5 Å². The first-order valence-electron chi connectivity index (χ1n) is 8.87. The number of rotatable bonds is 7. The van der Waals surface area contributed by atoms with E-state index in [0.717, 1.165) is 11.1 Å². The predicted octanol–water partition coefficient (Wildman–Crippen LogP) is 6.07. The average Bonchev–Trinajstić information content (AvgIpc) is 2.68. The van der Waals surface area contributed by atoms with E-state index in [1.165, 1.54) is 12.1 Å². The molecule has 3 aromatic rings. The summed E-state index contributed by atoms with van der Waals surface area (Å²) in [5.41, 5.74) is 3.17. The second-order valence-corrected chi connectivity index (χ2v) is 7.28. The quantitative estimate of drug-likeness (QED) is 0.476. The molecule has 150 valence electrons. The lowest BCUT2D eigenvalue weighted by Crippen LogP contribution is -2.20. The van der Waals surface area contributed by atoms with E-state index in [9.17, 15) is 9.18 Å². The summed E-state index contributed by atoms with van der Waals surface area (Å²) in [6, 6.07) is 17.0. The molecule has 1 amide bonds. The Balaban J connectivity index is 1.63. The Hall–Kier alpha value is -2.76. The van der Waals surface area contributed by atoms with Crippen LogP contribution in [0.3, 0.4) is 0 Å². The lowest BCUT2D eigenvalue weighted by Gasteiger charge is -2.14. The molecule has 3 rings (SSSR count). The topological polar surface area (TPSA) is 50.4 Å². The van der Waals surface area contributed by atoms with Gasteiger partial charge in [-0.3, -0.25) is 4.79 Å². The molecule has 0 bridgehead atoms. The van der Waals surface area contributed by atoms with Crippen LogP contribution in [0.15, 0.2) is 60.7 Å². The Morgan fingerprint density at radius 3 is 2.62 bits per heavy atom. The minimum absolute atomic E-state index is 0.0328. The van der Waals surface area contributed by atoms with Gasteiger partial charge in [-0.2, -0.15) is 0 Å². The highest BCUT2D eigenvalue weighted by atomic mass is 35.5. The summed E-state index contributed by atoms with van der Waals surface area (Å²) >= 11 is 11.9. The van der Waals surface area contributed by atoms with Gasteiger partial charge in [-0.25, -0.2) is 4.39 Å². The fraction of sp³-hybridized carbons (Fsp3) is 0.136. The van der Waals surface area contributed by atoms with E-state index in [1.54, 1.807) is 24.3 Å². The number of anilines is 2. The van der Waals surface area contributed by atoms with Crippen LogP contribution in [0.25, 0.3) is 0 Å². The van der Waals surface area contributed by atoms with E-state index in [-0.39, 0.29) is 17.5 Å². The summed E-state index contributed by atoms with van der Waals surface area (Å²) < 4.78 is 19.0. The van der Waals surface area contributed by atoms with Gasteiger partial charge in [-0.15, -0.1) is 0 Å². The van der Waals surface area contributed by atoms with Gasteiger partial charge in [-0.05, 0) is 61.0 Å². The predicted molar refractivity (Wildman–Crippen MR) is 115 cm³/mol. The van der Waals surface area contributed by atoms with E-state index in [0.29, 0.717) is 28.7 Å². The standard InChI is InChI=1S/C22H19Cl2FN2O2/c1-14-3-2-4-18(9-14)27-22(28)13-29-21-8-5-16(23)10-15(21)12-26-17-6-7-20(25)19(24)11-17/h2-11,26H,12-13H2,1H3,(H,27,28). The van der Waals surface area contributed by atoms with Crippen molar-refractivity contribution >= 4 is 40.5 Å². The van der Waals surface area contributed by atoms with Crippen molar-refractivity contribution in [2.45, 2.75) is 13.5 Å². The van der Waals surface area contributed by atoms with Gasteiger partial charge in [0.05, 0.1) is 5.02 Å². The number of carbonyl (C=O) groups excluding carboxylic acids is 1. The Morgan fingerprint density at radius 2 is 1.86 bits per heavy atom. The smallest absolute Gasteiger partial charge is 0.262 e. The van der Waals surface area contributed by atoms with Gasteiger partial charge >= 0.3 is 0 Å². The van der Waals surface area contributed by atoms with Crippen LogP contribution in [-0.2, 0) is 11.3 Å². The molecule has 3 aromatic carbocycles. The molecule has 0 heterocycles. The second kappa shape index (κ2) is 9.63. The highest BCUT2D eigenvalue weighted by molar-refractivity contribution is 6.31. The van der Waals surface area contributed by atoms with Crippen molar-refractivity contribution in [3.63, 3.8) is 0 Å². The van der Waals surface area contributed by atoms with Crippen molar-refractivity contribution in [2.75, 3.05) is 17.2 Å². The van der Waals surface area contributed by atoms with Crippen molar-refractivity contribution in [1.82, 2.24) is 0 Å². The van der Waals surface area contributed by atoms with Crippen molar-refractivity contribution in [3.8, 4) is 5.75 Å². The number of halogens is 3. The number of ether oxygens (including phenoxy) is 1. The molecule has 7 heteroatoms. The number of amides is 1. The highest BCUT2D eigenvalue weighted by Crippen LogP contribution is 2.25. The highest BCUT2D eigenvalue weighted by Gasteiger charge is 2.09. The third-order valence-electron chi connectivity index (χ3n) is 4.09. The molecule has 0 aromatic heterocycles. The lowest BCUT2D eigenvalue weighted by molar-refractivity contribution is -0.118. The maximum absolute atomic E-state index is 13.3. The molecule has 0 fully saturated rings. The molecule has 0 radical (unpaired) electrons. The van der Waals surface area contributed by atoms with E-state index in [4.69, 9.17) is 27.9 Å². The van der Waals surface area contributed by atoms with Crippen LogP contribution in [-0.4, -0.2) is 12.5 Å². The SMILES string of the molecule is Cc1cccc(NC(=O)COc2ccc(Cl)cc2CNc2ccc(F)c(Cl)c2)c1. The first-order valence-corrected chi connectivity index (χ1v) is 9.63. The number of aryl methyl sites for hydroxylation is 1. The first-order chi connectivity index (χ1) is 13.9. The molecule has 0 saturated heterocycles. The van der Waals surface area contributed by atoms with Crippen LogP contribution >= 0.6 is 23.2 Å². The molecular formula is C22H19Cl2FN2O2. The van der Waals surface area contributed by atoms with Crippen LogP contribution < -0.4 is 15.4 Å². The second-order valence-electron chi connectivity index (χ2n) is 6.44. The number of carbonyl (C=O) groups is 1. The molecular weight excluding hydrogens is 414 g/mol. The van der Waals surface area contributed by atoms with E-state index in [1.807, 2.05) is 31.2 Å².